The van der Waals surface area contributed by atoms with Crippen LogP contribution in [0.2, 0.25) is 0 Å². The smallest absolute Gasteiger partial charge is 0.490 e. The number of fused-ring (bicyclic) bond motifs is 2. The van der Waals surface area contributed by atoms with Crippen LogP contribution in [0.4, 0.5) is 18.9 Å². The first-order valence-electron chi connectivity index (χ1n) is 14.8. The number of amides is 1. The maximum Gasteiger partial charge on any atom is 0.490 e. The van der Waals surface area contributed by atoms with E-state index in [1.807, 2.05) is 24.3 Å². The predicted molar refractivity (Wildman–Crippen MR) is 154 cm³/mol. The lowest BCUT2D eigenvalue weighted by Gasteiger charge is -2.34. The van der Waals surface area contributed by atoms with Gasteiger partial charge in [-0.1, -0.05) is 18.2 Å². The number of esters is 1. The van der Waals surface area contributed by atoms with Gasteiger partial charge in [0.2, 0.25) is 6.10 Å². The molecule has 1 N–H and O–H groups in total. The van der Waals surface area contributed by atoms with Crippen molar-refractivity contribution >= 4 is 39.4 Å². The number of ether oxygens (including phenoxy) is 3. The van der Waals surface area contributed by atoms with E-state index in [2.05, 4.69) is 10.2 Å². The molecular formula is C31H35F3N4O5. The van der Waals surface area contributed by atoms with Crippen LogP contribution in [-0.2, 0) is 14.3 Å². The van der Waals surface area contributed by atoms with Crippen LogP contribution < -0.4 is 14.8 Å². The van der Waals surface area contributed by atoms with Crippen LogP contribution in [0.3, 0.4) is 0 Å². The average molecular weight is 601 g/mol. The van der Waals surface area contributed by atoms with E-state index in [-0.39, 0.29) is 12.6 Å². The molecule has 3 aliphatic rings. The van der Waals surface area contributed by atoms with Gasteiger partial charge in [-0.3, -0.25) is 4.79 Å². The normalized spacial score (nSPS) is 21.4. The second-order valence-corrected chi connectivity index (χ2v) is 11.4. The number of likely N-dealkylation sites (tertiary alicyclic amines) is 2. The second-order valence-electron chi connectivity index (χ2n) is 11.4. The molecule has 230 valence electrons. The molecule has 1 aliphatic carbocycles. The lowest BCUT2D eigenvalue weighted by atomic mass is 9.92. The molecule has 2 atom stereocenters. The van der Waals surface area contributed by atoms with Gasteiger partial charge < -0.3 is 29.3 Å². The fourth-order valence-electron chi connectivity index (χ4n) is 6.19. The zero-order valence-corrected chi connectivity index (χ0v) is 24.0. The van der Waals surface area contributed by atoms with Crippen molar-refractivity contribution in [2.75, 3.05) is 45.2 Å². The Morgan fingerprint density at radius 2 is 1.81 bits per heavy atom. The van der Waals surface area contributed by atoms with Gasteiger partial charge in [0.25, 0.3) is 5.91 Å². The molecule has 2 saturated heterocycles. The van der Waals surface area contributed by atoms with E-state index in [0.29, 0.717) is 45.6 Å². The van der Waals surface area contributed by atoms with E-state index in [1.165, 1.54) is 17.7 Å². The molecule has 1 saturated carbocycles. The number of nitrogens with one attached hydrogen (secondary N) is 1. The summed E-state index contributed by atoms with van der Waals surface area (Å²) >= 11 is 0. The zero-order chi connectivity index (χ0) is 30.1. The number of carbonyl (C=O) groups is 2. The molecule has 43 heavy (non-hydrogen) atoms. The molecule has 1 aromatic heterocycles. The minimum atomic E-state index is -5.22. The molecule has 0 radical (unpaired) electrons. The van der Waals surface area contributed by atoms with Crippen molar-refractivity contribution in [2.45, 2.75) is 62.9 Å². The lowest BCUT2D eigenvalue weighted by Crippen LogP contribution is -2.44. The van der Waals surface area contributed by atoms with E-state index < -0.39 is 30.2 Å². The number of methoxy groups -OCH3 is 1. The third-order valence-electron chi connectivity index (χ3n) is 8.64. The molecule has 2 aromatic carbocycles. The van der Waals surface area contributed by atoms with Gasteiger partial charge >= 0.3 is 12.1 Å². The molecule has 3 fully saturated rings. The third-order valence-corrected chi connectivity index (χ3v) is 8.64. The summed E-state index contributed by atoms with van der Waals surface area (Å²) in [5.41, 5.74) is 1.79. The largest absolute Gasteiger partial charge is 0.493 e. The average Bonchev–Trinajstić information content (AvgIpc) is 3.58. The van der Waals surface area contributed by atoms with Crippen LogP contribution >= 0.6 is 0 Å². The molecular weight excluding hydrogens is 565 g/mol. The molecule has 2 unspecified atom stereocenters. The molecule has 6 rings (SSSR count). The van der Waals surface area contributed by atoms with Gasteiger partial charge in [-0.15, -0.1) is 0 Å². The van der Waals surface area contributed by atoms with Gasteiger partial charge in [0.15, 0.2) is 11.5 Å². The van der Waals surface area contributed by atoms with Crippen LogP contribution in [0.5, 0.6) is 11.5 Å². The van der Waals surface area contributed by atoms with Crippen molar-refractivity contribution < 1.29 is 37.0 Å². The minimum Gasteiger partial charge on any atom is -0.493 e. The van der Waals surface area contributed by atoms with Gasteiger partial charge in [0, 0.05) is 36.0 Å². The van der Waals surface area contributed by atoms with E-state index in [1.54, 1.807) is 19.2 Å². The fourth-order valence-corrected chi connectivity index (χ4v) is 6.19. The molecule has 3 heterocycles. The van der Waals surface area contributed by atoms with Gasteiger partial charge in [-0.05, 0) is 63.7 Å². The Balaban J connectivity index is 1.33. The number of alkyl halides is 3. The first-order valence-corrected chi connectivity index (χ1v) is 14.8. The van der Waals surface area contributed by atoms with E-state index in [0.717, 1.165) is 45.3 Å². The number of pyridine rings is 1. The Bertz CT molecular complexity index is 1510. The maximum atomic E-state index is 13.3. The summed E-state index contributed by atoms with van der Waals surface area (Å²) in [7, 11) is 1.54. The van der Waals surface area contributed by atoms with Crippen molar-refractivity contribution in [3.8, 4) is 11.5 Å². The molecule has 9 nitrogen and oxygen atoms in total. The summed E-state index contributed by atoms with van der Waals surface area (Å²) in [6, 6.07) is 9.93. The predicted octanol–water partition coefficient (Wildman–Crippen LogP) is 4.91. The highest BCUT2D eigenvalue weighted by atomic mass is 19.4. The summed E-state index contributed by atoms with van der Waals surface area (Å²) in [5.74, 6) is -1.99. The molecule has 0 spiro atoms. The topological polar surface area (TPSA) is 93.2 Å². The number of hydrogen-bond acceptors (Lipinski definition) is 8. The van der Waals surface area contributed by atoms with Gasteiger partial charge in [-0.2, -0.15) is 13.2 Å². The number of carbonyl (C=O) groups excluding carboxylic acids is 2. The number of hydrogen-bond donors (Lipinski definition) is 1. The number of para-hydroxylation sites is 1. The van der Waals surface area contributed by atoms with Crippen molar-refractivity contribution in [2.24, 2.45) is 0 Å². The summed E-state index contributed by atoms with van der Waals surface area (Å²) in [6.07, 6.45) is -1.07. The van der Waals surface area contributed by atoms with Crippen molar-refractivity contribution in [3.63, 3.8) is 0 Å². The molecule has 0 bridgehead atoms. The van der Waals surface area contributed by atoms with Crippen molar-refractivity contribution in [1.29, 1.82) is 0 Å². The van der Waals surface area contributed by atoms with Crippen LogP contribution in [0, 0.1) is 0 Å². The fraction of sp³-hybridized carbons (Fsp3) is 0.516. The number of benzene rings is 2. The monoisotopic (exact) mass is 600 g/mol. The van der Waals surface area contributed by atoms with E-state index in [4.69, 9.17) is 19.2 Å². The highest BCUT2D eigenvalue weighted by molar-refractivity contribution is 6.08. The van der Waals surface area contributed by atoms with Crippen molar-refractivity contribution in [1.82, 2.24) is 14.8 Å². The SMILES string of the molecule is COc1cc2c(NC3CN(C4CCC4)C(=O)C3OC(=O)C(F)(F)F)c3ccccc3nc2cc1OCCCN1CCCC1. The number of halogens is 3. The quantitative estimate of drug-likeness (QED) is 0.199. The van der Waals surface area contributed by atoms with Crippen LogP contribution in [0.25, 0.3) is 21.8 Å². The summed E-state index contributed by atoms with van der Waals surface area (Å²) in [5, 5.41) is 4.64. The highest BCUT2D eigenvalue weighted by Crippen LogP contribution is 2.40. The molecule has 3 aromatic rings. The minimum absolute atomic E-state index is 0.0809. The van der Waals surface area contributed by atoms with Gasteiger partial charge in [0.05, 0.1) is 36.5 Å². The van der Waals surface area contributed by atoms with Crippen LogP contribution in [-0.4, -0.2) is 90.9 Å². The highest BCUT2D eigenvalue weighted by Gasteiger charge is 2.51. The second kappa shape index (κ2) is 12.1. The number of rotatable bonds is 10. The van der Waals surface area contributed by atoms with Gasteiger partial charge in [0.1, 0.15) is 0 Å². The lowest BCUT2D eigenvalue weighted by molar-refractivity contribution is -0.205. The maximum absolute atomic E-state index is 13.3. The van der Waals surface area contributed by atoms with Gasteiger partial charge in [-0.25, -0.2) is 9.78 Å². The van der Waals surface area contributed by atoms with E-state index in [9.17, 15) is 22.8 Å². The van der Waals surface area contributed by atoms with Crippen LogP contribution in [0.1, 0.15) is 38.5 Å². The third kappa shape index (κ3) is 6.02. The summed E-state index contributed by atoms with van der Waals surface area (Å²) < 4.78 is 56.2. The van der Waals surface area contributed by atoms with Crippen molar-refractivity contribution in [3.05, 3.63) is 36.4 Å². The first kappa shape index (κ1) is 29.3. The Labute approximate surface area is 247 Å². The number of aromatic nitrogens is 1. The Morgan fingerprint density at radius 1 is 1.05 bits per heavy atom. The Kier molecular flexibility index (Phi) is 8.21. The summed E-state index contributed by atoms with van der Waals surface area (Å²) in [6.45, 7) is 3.81. The summed E-state index contributed by atoms with van der Waals surface area (Å²) in [4.78, 5) is 33.9. The zero-order valence-electron chi connectivity index (χ0n) is 24.0. The molecule has 2 aliphatic heterocycles. The molecule has 12 heteroatoms. The standard InChI is InChI=1S/C31H35F3N4O5/c1-41-25-16-21-23(17-26(25)42-15-7-14-37-12-4-5-13-37)35-22-11-3-2-10-20(22)27(21)36-24-18-38(19-8-6-9-19)29(39)28(24)43-30(40)31(32,33)34/h2-3,10-11,16-17,19,24,28H,4-9,12-15,18H2,1H3,(H,35,36). The number of nitrogens with zero attached hydrogens (tertiary/aromatic N) is 3. The first-order chi connectivity index (χ1) is 20.7. The number of anilines is 1. The molecule has 1 amide bonds. The van der Waals surface area contributed by atoms with Crippen LogP contribution in [0.15, 0.2) is 36.4 Å². The Morgan fingerprint density at radius 3 is 2.51 bits per heavy atom. The Hall–Kier alpha value is -3.80. The van der Waals surface area contributed by atoms with E-state index >= 15 is 0 Å².